The number of amides is 1. The van der Waals surface area contributed by atoms with E-state index < -0.39 is 11.5 Å². The molecule has 0 N–H and O–H groups in total. The van der Waals surface area contributed by atoms with Crippen LogP contribution >= 0.6 is 0 Å². The van der Waals surface area contributed by atoms with Gasteiger partial charge < -0.3 is 14.1 Å². The number of likely N-dealkylation sites (tertiary alicyclic amines) is 1. The average Bonchev–Trinajstić information content (AvgIpc) is 3.41. The van der Waals surface area contributed by atoms with Crippen molar-refractivity contribution in [2.45, 2.75) is 44.8 Å². The standard InChI is InChI=1S/C24H23NO5/c26-21-11-16(13-25(21)18-6-2-3-7-18)24(28)29-14-17-12-22(27)30-20-10-9-15-5-1-4-8-19(15)23(17)20/h1,4-5,8-10,12,16,18H,2-3,6-7,11,13-14H2/t16-/m0/s1. The predicted molar refractivity (Wildman–Crippen MR) is 112 cm³/mol. The summed E-state index contributed by atoms with van der Waals surface area (Å²) in [6.45, 7) is 0.409. The van der Waals surface area contributed by atoms with Gasteiger partial charge >= 0.3 is 11.6 Å². The Hall–Kier alpha value is -3.15. The van der Waals surface area contributed by atoms with Crippen LogP contribution in [0.25, 0.3) is 21.7 Å². The van der Waals surface area contributed by atoms with Crippen molar-refractivity contribution < 1.29 is 18.7 Å². The Morgan fingerprint density at radius 3 is 2.73 bits per heavy atom. The summed E-state index contributed by atoms with van der Waals surface area (Å²) in [6.07, 6.45) is 4.52. The minimum Gasteiger partial charge on any atom is -0.461 e. The van der Waals surface area contributed by atoms with Crippen LogP contribution in [-0.2, 0) is 20.9 Å². The lowest BCUT2D eigenvalue weighted by Crippen LogP contribution is -2.35. The third kappa shape index (κ3) is 3.36. The highest BCUT2D eigenvalue weighted by molar-refractivity contribution is 6.07. The van der Waals surface area contributed by atoms with Crippen LogP contribution in [0.15, 0.2) is 51.7 Å². The Labute approximate surface area is 173 Å². The number of rotatable bonds is 4. The molecular formula is C24H23NO5. The number of benzene rings is 2. The van der Waals surface area contributed by atoms with E-state index in [-0.39, 0.29) is 30.9 Å². The van der Waals surface area contributed by atoms with Crippen LogP contribution < -0.4 is 5.63 Å². The monoisotopic (exact) mass is 405 g/mol. The van der Waals surface area contributed by atoms with E-state index in [0.717, 1.165) is 41.8 Å². The third-order valence-corrected chi connectivity index (χ3v) is 6.34. The molecule has 1 aliphatic heterocycles. The minimum atomic E-state index is -0.479. The molecule has 1 saturated heterocycles. The first-order valence-corrected chi connectivity index (χ1v) is 10.5. The number of hydrogen-bond donors (Lipinski definition) is 0. The number of carbonyl (C=O) groups excluding carboxylic acids is 2. The van der Waals surface area contributed by atoms with Gasteiger partial charge in [-0.25, -0.2) is 4.79 Å². The molecule has 0 radical (unpaired) electrons. The predicted octanol–water partition coefficient (Wildman–Crippen LogP) is 3.78. The van der Waals surface area contributed by atoms with Crippen LogP contribution in [0, 0.1) is 5.92 Å². The topological polar surface area (TPSA) is 76.8 Å². The number of esters is 1. The number of hydrogen-bond acceptors (Lipinski definition) is 5. The number of ether oxygens (including phenoxy) is 1. The molecule has 0 unspecified atom stereocenters. The summed E-state index contributed by atoms with van der Waals surface area (Å²) in [5.41, 5.74) is 0.603. The first-order valence-electron chi connectivity index (χ1n) is 10.5. The van der Waals surface area contributed by atoms with Gasteiger partial charge in [-0.15, -0.1) is 0 Å². The number of fused-ring (bicyclic) bond motifs is 3. The first kappa shape index (κ1) is 18.9. The molecule has 0 spiro atoms. The zero-order valence-electron chi connectivity index (χ0n) is 16.6. The van der Waals surface area contributed by atoms with Gasteiger partial charge in [0.05, 0.1) is 5.92 Å². The van der Waals surface area contributed by atoms with E-state index in [1.807, 2.05) is 35.2 Å². The molecule has 1 atom stereocenters. The van der Waals surface area contributed by atoms with Crippen LogP contribution in [-0.4, -0.2) is 29.4 Å². The summed E-state index contributed by atoms with van der Waals surface area (Å²) in [7, 11) is 0. The highest BCUT2D eigenvalue weighted by Gasteiger charge is 2.39. The maximum absolute atomic E-state index is 12.7. The third-order valence-electron chi connectivity index (χ3n) is 6.34. The highest BCUT2D eigenvalue weighted by Crippen LogP contribution is 2.31. The molecule has 2 aromatic carbocycles. The van der Waals surface area contributed by atoms with Gasteiger partial charge in [0.15, 0.2) is 0 Å². The van der Waals surface area contributed by atoms with E-state index >= 15 is 0 Å². The smallest absolute Gasteiger partial charge is 0.336 e. The molecule has 1 aliphatic carbocycles. The van der Waals surface area contributed by atoms with Gasteiger partial charge in [-0.05, 0) is 29.7 Å². The summed E-state index contributed by atoms with van der Waals surface area (Å²) in [4.78, 5) is 39.0. The molecule has 1 amide bonds. The Morgan fingerprint density at radius 2 is 1.90 bits per heavy atom. The Morgan fingerprint density at radius 1 is 1.10 bits per heavy atom. The molecule has 154 valence electrons. The fraction of sp³-hybridized carbons (Fsp3) is 0.375. The molecule has 6 nitrogen and oxygen atoms in total. The zero-order chi connectivity index (χ0) is 20.7. The lowest BCUT2D eigenvalue weighted by molar-refractivity contribution is -0.149. The average molecular weight is 405 g/mol. The van der Waals surface area contributed by atoms with Crippen LogP contribution in [0.4, 0.5) is 0 Å². The van der Waals surface area contributed by atoms with Crippen LogP contribution in [0.3, 0.4) is 0 Å². The number of carbonyl (C=O) groups is 2. The number of nitrogens with zero attached hydrogens (tertiary/aromatic N) is 1. The fourth-order valence-corrected chi connectivity index (χ4v) is 4.86. The summed E-state index contributed by atoms with van der Waals surface area (Å²) in [5, 5.41) is 2.73. The lowest BCUT2D eigenvalue weighted by atomic mass is 10.0. The van der Waals surface area contributed by atoms with Crippen molar-refractivity contribution >= 4 is 33.6 Å². The Kier molecular flexibility index (Phi) is 4.77. The van der Waals surface area contributed by atoms with Crippen LogP contribution in [0.1, 0.15) is 37.7 Å². The van der Waals surface area contributed by atoms with Crippen molar-refractivity contribution in [1.82, 2.24) is 4.90 Å². The van der Waals surface area contributed by atoms with Crippen LogP contribution in [0.5, 0.6) is 0 Å². The van der Waals surface area contributed by atoms with E-state index in [2.05, 4.69) is 0 Å². The molecular weight excluding hydrogens is 382 g/mol. The fourth-order valence-electron chi connectivity index (χ4n) is 4.86. The van der Waals surface area contributed by atoms with E-state index in [4.69, 9.17) is 9.15 Å². The molecule has 6 heteroatoms. The van der Waals surface area contributed by atoms with Gasteiger partial charge in [0.25, 0.3) is 0 Å². The van der Waals surface area contributed by atoms with E-state index in [9.17, 15) is 14.4 Å². The van der Waals surface area contributed by atoms with Crippen molar-refractivity contribution in [1.29, 1.82) is 0 Å². The normalized spacial score (nSPS) is 19.8. The van der Waals surface area contributed by atoms with E-state index in [1.54, 1.807) is 6.07 Å². The van der Waals surface area contributed by atoms with Gasteiger partial charge in [0, 0.05) is 36.0 Å². The van der Waals surface area contributed by atoms with Crippen LogP contribution in [0.2, 0.25) is 0 Å². The summed E-state index contributed by atoms with van der Waals surface area (Å²) >= 11 is 0. The molecule has 0 bridgehead atoms. The maximum Gasteiger partial charge on any atom is 0.336 e. The summed E-state index contributed by atoms with van der Waals surface area (Å²) in [5.74, 6) is -0.785. The van der Waals surface area contributed by atoms with Gasteiger partial charge in [-0.3, -0.25) is 9.59 Å². The molecule has 30 heavy (non-hydrogen) atoms. The van der Waals surface area contributed by atoms with Crippen molar-refractivity contribution in [2.75, 3.05) is 6.54 Å². The van der Waals surface area contributed by atoms with Crippen molar-refractivity contribution in [3.8, 4) is 0 Å². The molecule has 1 saturated carbocycles. The van der Waals surface area contributed by atoms with Crippen molar-refractivity contribution in [3.63, 3.8) is 0 Å². The lowest BCUT2D eigenvalue weighted by Gasteiger charge is -2.23. The minimum absolute atomic E-state index is 0.0247. The second-order valence-corrected chi connectivity index (χ2v) is 8.24. The molecule has 3 aromatic rings. The SMILES string of the molecule is O=C(OCc1cc(=O)oc2ccc3ccccc3c12)[C@H]1CC(=O)N(C2CCCC2)C1. The van der Waals surface area contributed by atoms with Gasteiger partial charge in [0.1, 0.15) is 12.2 Å². The zero-order valence-corrected chi connectivity index (χ0v) is 16.6. The maximum atomic E-state index is 12.7. The Bertz CT molecular complexity index is 1190. The van der Waals surface area contributed by atoms with E-state index in [0.29, 0.717) is 17.7 Å². The van der Waals surface area contributed by atoms with Gasteiger partial charge in [0.2, 0.25) is 5.91 Å². The molecule has 5 rings (SSSR count). The second-order valence-electron chi connectivity index (χ2n) is 8.24. The van der Waals surface area contributed by atoms with Crippen molar-refractivity contribution in [3.05, 3.63) is 58.4 Å². The van der Waals surface area contributed by atoms with Gasteiger partial charge in [-0.2, -0.15) is 0 Å². The van der Waals surface area contributed by atoms with Crippen molar-refractivity contribution in [2.24, 2.45) is 5.92 Å². The molecule has 2 fully saturated rings. The quantitative estimate of drug-likeness (QED) is 0.375. The first-order chi connectivity index (χ1) is 14.6. The summed E-state index contributed by atoms with van der Waals surface area (Å²) in [6, 6.07) is 13.1. The van der Waals surface area contributed by atoms with E-state index in [1.165, 1.54) is 6.07 Å². The Balaban J connectivity index is 1.37. The summed E-state index contributed by atoms with van der Waals surface area (Å²) < 4.78 is 10.9. The second kappa shape index (κ2) is 7.59. The van der Waals surface area contributed by atoms with Gasteiger partial charge in [-0.1, -0.05) is 43.2 Å². The molecule has 2 heterocycles. The molecule has 1 aromatic heterocycles. The largest absolute Gasteiger partial charge is 0.461 e. The highest BCUT2D eigenvalue weighted by atomic mass is 16.5. The molecule has 2 aliphatic rings.